The van der Waals surface area contributed by atoms with Gasteiger partial charge in [-0.1, -0.05) is 44.2 Å². The van der Waals surface area contributed by atoms with Gasteiger partial charge in [0.05, 0.1) is 0 Å². The molecule has 0 aliphatic carbocycles. The fourth-order valence-corrected chi connectivity index (χ4v) is 2.42. The molecule has 0 fully saturated rings. The van der Waals surface area contributed by atoms with Crippen molar-refractivity contribution in [1.82, 2.24) is 0 Å². The highest BCUT2D eigenvalue weighted by molar-refractivity contribution is 6.10. The van der Waals surface area contributed by atoms with Gasteiger partial charge < -0.3 is 0 Å². The second-order valence-electron chi connectivity index (χ2n) is 5.16. The van der Waals surface area contributed by atoms with Crippen molar-refractivity contribution in [3.8, 4) is 0 Å². The molecule has 100 valence electrons. The topological polar surface area (TPSA) is 46.5 Å². The third-order valence-corrected chi connectivity index (χ3v) is 3.81. The number of ketones is 1. The van der Waals surface area contributed by atoms with Crippen LogP contribution in [0.2, 0.25) is 0 Å². The van der Waals surface area contributed by atoms with Crippen molar-refractivity contribution in [2.45, 2.75) is 26.7 Å². The molecule has 19 heavy (non-hydrogen) atoms. The van der Waals surface area contributed by atoms with Crippen LogP contribution >= 0.6 is 0 Å². The molecule has 0 bridgehead atoms. The van der Waals surface area contributed by atoms with E-state index in [1.807, 2.05) is 44.2 Å². The van der Waals surface area contributed by atoms with Crippen molar-refractivity contribution in [2.75, 3.05) is 0 Å². The zero-order chi connectivity index (χ0) is 13.8. The molecule has 1 heterocycles. The lowest BCUT2D eigenvalue weighted by molar-refractivity contribution is -0.134. The molecule has 3 atom stereocenters. The van der Waals surface area contributed by atoms with E-state index in [1.54, 1.807) is 6.21 Å². The molecular formula is C16H19NO2. The highest BCUT2D eigenvalue weighted by Gasteiger charge is 2.39. The molecule has 2 rings (SSSR count). The maximum atomic E-state index is 12.3. The van der Waals surface area contributed by atoms with E-state index in [1.165, 1.54) is 0 Å². The summed E-state index contributed by atoms with van der Waals surface area (Å²) in [6, 6.07) is 9.92. The standard InChI is InChI=1S/C16H19NO2/c1-3-11(2)15(18)14-13(10-17-16(14)19)9-12-7-5-4-6-8-12/h4-8,10-11,13-14H,3,9H2,1-2H3/t11-,13?,14-/m1/s1. The summed E-state index contributed by atoms with van der Waals surface area (Å²) in [5.41, 5.74) is 1.13. The molecule has 1 amide bonds. The van der Waals surface area contributed by atoms with Crippen LogP contribution in [-0.4, -0.2) is 17.9 Å². The van der Waals surface area contributed by atoms with Gasteiger partial charge in [0.15, 0.2) is 0 Å². The molecule has 0 aromatic heterocycles. The summed E-state index contributed by atoms with van der Waals surface area (Å²) in [6.45, 7) is 3.85. The van der Waals surface area contributed by atoms with Crippen LogP contribution in [0.1, 0.15) is 25.8 Å². The molecule has 0 saturated carbocycles. The largest absolute Gasteiger partial charge is 0.298 e. The maximum Gasteiger partial charge on any atom is 0.256 e. The van der Waals surface area contributed by atoms with E-state index in [9.17, 15) is 9.59 Å². The van der Waals surface area contributed by atoms with Crippen LogP contribution < -0.4 is 0 Å². The van der Waals surface area contributed by atoms with E-state index in [2.05, 4.69) is 4.99 Å². The van der Waals surface area contributed by atoms with E-state index in [0.717, 1.165) is 12.0 Å². The second kappa shape index (κ2) is 5.91. The lowest BCUT2D eigenvalue weighted by Gasteiger charge is -2.18. The Labute approximate surface area is 113 Å². The van der Waals surface area contributed by atoms with Gasteiger partial charge in [-0.25, -0.2) is 4.99 Å². The van der Waals surface area contributed by atoms with E-state index in [0.29, 0.717) is 6.42 Å². The molecule has 1 aliphatic rings. The van der Waals surface area contributed by atoms with Gasteiger partial charge in [-0.15, -0.1) is 0 Å². The number of Topliss-reactive ketones (excluding diaryl/α,β-unsaturated/α-hetero) is 1. The molecule has 1 unspecified atom stereocenters. The molecule has 0 spiro atoms. The van der Waals surface area contributed by atoms with Crippen LogP contribution in [0.4, 0.5) is 0 Å². The van der Waals surface area contributed by atoms with E-state index in [4.69, 9.17) is 0 Å². The zero-order valence-corrected chi connectivity index (χ0v) is 11.4. The quantitative estimate of drug-likeness (QED) is 0.761. The van der Waals surface area contributed by atoms with Crippen LogP contribution in [-0.2, 0) is 16.0 Å². The number of benzene rings is 1. The average Bonchev–Trinajstić information content (AvgIpc) is 2.79. The Morgan fingerprint density at radius 2 is 2.00 bits per heavy atom. The fourth-order valence-electron chi connectivity index (χ4n) is 2.42. The number of amides is 1. The second-order valence-corrected chi connectivity index (χ2v) is 5.16. The number of hydrogen-bond donors (Lipinski definition) is 0. The van der Waals surface area contributed by atoms with Gasteiger partial charge in [0, 0.05) is 18.1 Å². The lowest BCUT2D eigenvalue weighted by atomic mass is 9.81. The number of carbonyl (C=O) groups excluding carboxylic acids is 2. The van der Waals surface area contributed by atoms with Crippen LogP contribution in [0.5, 0.6) is 0 Å². The fraction of sp³-hybridized carbons (Fsp3) is 0.438. The monoisotopic (exact) mass is 257 g/mol. The number of hydrogen-bond acceptors (Lipinski definition) is 2. The van der Waals surface area contributed by atoms with E-state index >= 15 is 0 Å². The van der Waals surface area contributed by atoms with Crippen LogP contribution in [0, 0.1) is 17.8 Å². The molecular weight excluding hydrogens is 238 g/mol. The van der Waals surface area contributed by atoms with Gasteiger partial charge in [0.2, 0.25) is 0 Å². The smallest absolute Gasteiger partial charge is 0.256 e. The summed E-state index contributed by atoms with van der Waals surface area (Å²) in [7, 11) is 0. The first kappa shape index (κ1) is 13.7. The summed E-state index contributed by atoms with van der Waals surface area (Å²) in [5, 5.41) is 0. The van der Waals surface area contributed by atoms with Crippen molar-refractivity contribution in [1.29, 1.82) is 0 Å². The molecule has 1 aromatic carbocycles. The third-order valence-electron chi connectivity index (χ3n) is 3.81. The first-order chi connectivity index (χ1) is 9.13. The van der Waals surface area contributed by atoms with Crippen LogP contribution in [0.25, 0.3) is 0 Å². The molecule has 1 aromatic rings. The van der Waals surface area contributed by atoms with Crippen molar-refractivity contribution in [2.24, 2.45) is 22.7 Å². The highest BCUT2D eigenvalue weighted by atomic mass is 16.2. The maximum absolute atomic E-state index is 12.3. The van der Waals surface area contributed by atoms with Crippen LogP contribution in [0.3, 0.4) is 0 Å². The molecule has 1 aliphatic heterocycles. The summed E-state index contributed by atoms with van der Waals surface area (Å²) in [4.78, 5) is 28.0. The van der Waals surface area contributed by atoms with Gasteiger partial charge >= 0.3 is 0 Å². The van der Waals surface area contributed by atoms with Crippen molar-refractivity contribution in [3.63, 3.8) is 0 Å². The van der Waals surface area contributed by atoms with E-state index in [-0.39, 0.29) is 23.5 Å². The van der Waals surface area contributed by atoms with Gasteiger partial charge in [0.1, 0.15) is 11.7 Å². The number of nitrogens with zero attached hydrogens (tertiary/aromatic N) is 1. The molecule has 0 saturated heterocycles. The predicted molar refractivity (Wildman–Crippen MR) is 75.1 cm³/mol. The number of aliphatic imine (C=N–C) groups is 1. The van der Waals surface area contributed by atoms with Gasteiger partial charge in [-0.2, -0.15) is 0 Å². The van der Waals surface area contributed by atoms with Crippen molar-refractivity contribution < 1.29 is 9.59 Å². The Bertz CT molecular complexity index is 493. The first-order valence-corrected chi connectivity index (χ1v) is 6.79. The Morgan fingerprint density at radius 1 is 1.32 bits per heavy atom. The lowest BCUT2D eigenvalue weighted by Crippen LogP contribution is -2.31. The molecule has 0 N–H and O–H groups in total. The predicted octanol–water partition coefficient (Wildman–Crippen LogP) is 2.69. The summed E-state index contributed by atoms with van der Waals surface area (Å²) < 4.78 is 0. The van der Waals surface area contributed by atoms with Crippen LogP contribution in [0.15, 0.2) is 35.3 Å². The molecule has 3 heteroatoms. The Kier molecular flexibility index (Phi) is 4.25. The number of carbonyl (C=O) groups is 2. The minimum atomic E-state index is -0.574. The minimum absolute atomic E-state index is 0.0333. The zero-order valence-electron chi connectivity index (χ0n) is 11.4. The van der Waals surface area contributed by atoms with Gasteiger partial charge in [-0.3, -0.25) is 9.59 Å². The first-order valence-electron chi connectivity index (χ1n) is 6.79. The summed E-state index contributed by atoms with van der Waals surface area (Å²) >= 11 is 0. The van der Waals surface area contributed by atoms with Crippen molar-refractivity contribution >= 4 is 17.9 Å². The minimum Gasteiger partial charge on any atom is -0.298 e. The normalized spacial score (nSPS) is 23.6. The molecule has 0 radical (unpaired) electrons. The van der Waals surface area contributed by atoms with E-state index < -0.39 is 5.92 Å². The average molecular weight is 257 g/mol. The highest BCUT2D eigenvalue weighted by Crippen LogP contribution is 2.26. The van der Waals surface area contributed by atoms with Crippen molar-refractivity contribution in [3.05, 3.63) is 35.9 Å². The Hall–Kier alpha value is -1.77. The van der Waals surface area contributed by atoms with Gasteiger partial charge in [0.25, 0.3) is 5.91 Å². The molecule has 3 nitrogen and oxygen atoms in total. The summed E-state index contributed by atoms with van der Waals surface area (Å²) in [5.74, 6) is -0.974. The SMILES string of the molecule is CC[C@@H](C)C(=O)[C@@H]1C(=O)N=CC1Cc1ccccc1. The Morgan fingerprint density at radius 3 is 2.63 bits per heavy atom. The Balaban J connectivity index is 2.13. The third kappa shape index (κ3) is 2.98. The number of rotatable bonds is 5. The van der Waals surface area contributed by atoms with Gasteiger partial charge in [-0.05, 0) is 18.4 Å². The summed E-state index contributed by atoms with van der Waals surface area (Å²) in [6.07, 6.45) is 3.11.